The second kappa shape index (κ2) is 7.78. The fourth-order valence-corrected chi connectivity index (χ4v) is 2.68. The van der Waals surface area contributed by atoms with Crippen molar-refractivity contribution in [3.8, 4) is 0 Å². The third-order valence-corrected chi connectivity index (χ3v) is 3.97. The molecule has 2 N–H and O–H groups in total. The van der Waals surface area contributed by atoms with E-state index in [1.54, 1.807) is 18.0 Å². The lowest BCUT2D eigenvalue weighted by Crippen LogP contribution is -2.30. The maximum atomic E-state index is 11.8. The van der Waals surface area contributed by atoms with Gasteiger partial charge in [-0.05, 0) is 37.6 Å². The number of carbonyl (C=O) groups is 1. The average Bonchev–Trinajstić information content (AvgIpc) is 2.95. The number of carbonyl (C=O) groups excluding carboxylic acids is 1. The summed E-state index contributed by atoms with van der Waals surface area (Å²) in [6.45, 7) is 4.65. The Balaban J connectivity index is 1.65. The predicted octanol–water partition coefficient (Wildman–Crippen LogP) is 3.95. The van der Waals surface area contributed by atoms with Crippen molar-refractivity contribution in [2.75, 3.05) is 17.6 Å². The molecule has 0 spiro atoms. The fraction of sp³-hybridized carbons (Fsp3) is 0.312. The molecule has 0 bridgehead atoms. The zero-order chi connectivity index (χ0) is 15.1. The van der Waals surface area contributed by atoms with Crippen molar-refractivity contribution in [3.05, 3.63) is 53.5 Å². The molecule has 0 unspecified atom stereocenters. The van der Waals surface area contributed by atoms with E-state index in [0.717, 1.165) is 28.5 Å². The molecule has 1 aromatic heterocycles. The van der Waals surface area contributed by atoms with E-state index < -0.39 is 0 Å². The largest absolute Gasteiger partial charge is 0.468 e. The monoisotopic (exact) mass is 304 g/mol. The summed E-state index contributed by atoms with van der Waals surface area (Å²) in [7, 11) is 0. The quantitative estimate of drug-likeness (QED) is 0.794. The number of anilines is 1. The lowest BCUT2D eigenvalue weighted by atomic mass is 10.1. The summed E-state index contributed by atoms with van der Waals surface area (Å²) >= 11 is 1.73. The molecule has 5 heteroatoms. The van der Waals surface area contributed by atoms with Gasteiger partial charge in [-0.15, -0.1) is 0 Å². The van der Waals surface area contributed by atoms with Gasteiger partial charge >= 0.3 is 6.03 Å². The lowest BCUT2D eigenvalue weighted by molar-refractivity contribution is 0.252. The molecule has 4 nitrogen and oxygen atoms in total. The third kappa shape index (κ3) is 5.19. The molecular formula is C16H20N2O2S. The van der Waals surface area contributed by atoms with Crippen LogP contribution in [-0.4, -0.2) is 18.3 Å². The van der Waals surface area contributed by atoms with Gasteiger partial charge in [0.1, 0.15) is 5.76 Å². The van der Waals surface area contributed by atoms with Crippen molar-refractivity contribution in [2.45, 2.75) is 19.6 Å². The minimum absolute atomic E-state index is 0.166. The highest BCUT2D eigenvalue weighted by Crippen LogP contribution is 2.15. The van der Waals surface area contributed by atoms with Gasteiger partial charge < -0.3 is 15.1 Å². The highest BCUT2D eigenvalue weighted by Gasteiger charge is 2.04. The van der Waals surface area contributed by atoms with Crippen LogP contribution in [0.4, 0.5) is 10.5 Å². The molecule has 0 aliphatic heterocycles. The van der Waals surface area contributed by atoms with Crippen molar-refractivity contribution in [2.24, 2.45) is 0 Å². The van der Waals surface area contributed by atoms with Crippen LogP contribution in [0.15, 0.2) is 41.0 Å². The van der Waals surface area contributed by atoms with Gasteiger partial charge in [0.25, 0.3) is 0 Å². The van der Waals surface area contributed by atoms with Crippen LogP contribution >= 0.6 is 11.8 Å². The van der Waals surface area contributed by atoms with Gasteiger partial charge in [-0.25, -0.2) is 4.79 Å². The molecule has 2 rings (SSSR count). The number of furan rings is 1. The minimum atomic E-state index is -0.166. The van der Waals surface area contributed by atoms with Gasteiger partial charge in [-0.3, -0.25) is 0 Å². The van der Waals surface area contributed by atoms with E-state index in [-0.39, 0.29) is 6.03 Å². The zero-order valence-electron chi connectivity index (χ0n) is 12.3. The van der Waals surface area contributed by atoms with Crippen molar-refractivity contribution >= 4 is 23.5 Å². The Morgan fingerprint density at radius 3 is 2.86 bits per heavy atom. The molecule has 1 heterocycles. The second-order valence-corrected chi connectivity index (χ2v) is 5.94. The summed E-state index contributed by atoms with van der Waals surface area (Å²) in [4.78, 5) is 11.8. The van der Waals surface area contributed by atoms with E-state index in [2.05, 4.69) is 16.7 Å². The molecule has 21 heavy (non-hydrogen) atoms. The Kier molecular flexibility index (Phi) is 5.75. The summed E-state index contributed by atoms with van der Waals surface area (Å²) in [6.07, 6.45) is 1.67. The average molecular weight is 304 g/mol. The van der Waals surface area contributed by atoms with Crippen LogP contribution in [0.3, 0.4) is 0 Å². The van der Waals surface area contributed by atoms with Gasteiger partial charge in [0, 0.05) is 18.0 Å². The summed E-state index contributed by atoms with van der Waals surface area (Å²) < 4.78 is 5.24. The molecule has 0 aliphatic carbocycles. The molecule has 2 amide bonds. The standard InChI is InChI=1S/C16H20N2O2S/c1-12-5-6-15(13(2)10-12)18-16(19)17-7-9-21-11-14-4-3-8-20-14/h3-6,8,10H,7,9,11H2,1-2H3,(H2,17,18,19). The van der Waals surface area contributed by atoms with Gasteiger partial charge in [0.05, 0.1) is 12.0 Å². The number of hydrogen-bond donors (Lipinski definition) is 2. The number of thioether (sulfide) groups is 1. The van der Waals surface area contributed by atoms with Crippen LogP contribution in [0.2, 0.25) is 0 Å². The fourth-order valence-electron chi connectivity index (χ4n) is 1.92. The van der Waals surface area contributed by atoms with Crippen LogP contribution < -0.4 is 10.6 Å². The van der Waals surface area contributed by atoms with E-state index >= 15 is 0 Å². The Morgan fingerprint density at radius 2 is 2.14 bits per heavy atom. The molecule has 112 valence electrons. The second-order valence-electron chi connectivity index (χ2n) is 4.83. The molecule has 0 atom stereocenters. The van der Waals surface area contributed by atoms with Gasteiger partial charge in [0.15, 0.2) is 0 Å². The number of rotatable bonds is 6. The number of amides is 2. The smallest absolute Gasteiger partial charge is 0.319 e. The third-order valence-electron chi connectivity index (χ3n) is 2.99. The Labute approximate surface area is 129 Å². The minimum Gasteiger partial charge on any atom is -0.468 e. The van der Waals surface area contributed by atoms with Crippen LogP contribution in [0.5, 0.6) is 0 Å². The first-order valence-electron chi connectivity index (χ1n) is 6.87. The Hall–Kier alpha value is -1.88. The van der Waals surface area contributed by atoms with Crippen LogP contribution in [0.1, 0.15) is 16.9 Å². The van der Waals surface area contributed by atoms with Gasteiger partial charge in [-0.1, -0.05) is 17.7 Å². The van der Waals surface area contributed by atoms with E-state index in [1.807, 2.05) is 38.1 Å². The molecule has 2 aromatic rings. The SMILES string of the molecule is Cc1ccc(NC(=O)NCCSCc2ccco2)c(C)c1. The highest BCUT2D eigenvalue weighted by molar-refractivity contribution is 7.98. The molecule has 0 saturated carbocycles. The zero-order valence-corrected chi connectivity index (χ0v) is 13.1. The number of urea groups is 1. The normalized spacial score (nSPS) is 10.4. The maximum Gasteiger partial charge on any atom is 0.319 e. The molecule has 0 aliphatic rings. The van der Waals surface area contributed by atoms with Crippen LogP contribution in [-0.2, 0) is 5.75 Å². The van der Waals surface area contributed by atoms with E-state index in [0.29, 0.717) is 6.54 Å². The number of nitrogens with one attached hydrogen (secondary N) is 2. The lowest BCUT2D eigenvalue weighted by Gasteiger charge is -2.10. The first-order valence-corrected chi connectivity index (χ1v) is 8.03. The summed E-state index contributed by atoms with van der Waals surface area (Å²) in [5, 5.41) is 5.72. The van der Waals surface area contributed by atoms with Gasteiger partial charge in [-0.2, -0.15) is 11.8 Å². The maximum absolute atomic E-state index is 11.8. The predicted molar refractivity (Wildman–Crippen MR) is 87.8 cm³/mol. The molecule has 0 fully saturated rings. The van der Waals surface area contributed by atoms with Crippen molar-refractivity contribution in [3.63, 3.8) is 0 Å². The Bertz CT molecular complexity index is 582. The highest BCUT2D eigenvalue weighted by atomic mass is 32.2. The number of benzene rings is 1. The number of hydrogen-bond acceptors (Lipinski definition) is 3. The van der Waals surface area contributed by atoms with Crippen LogP contribution in [0, 0.1) is 13.8 Å². The molecule has 0 radical (unpaired) electrons. The molecular weight excluding hydrogens is 284 g/mol. The first kappa shape index (κ1) is 15.5. The van der Waals surface area contributed by atoms with Crippen molar-refractivity contribution in [1.82, 2.24) is 5.32 Å². The number of aryl methyl sites for hydroxylation is 2. The van der Waals surface area contributed by atoms with E-state index in [1.165, 1.54) is 5.56 Å². The van der Waals surface area contributed by atoms with E-state index in [4.69, 9.17) is 4.42 Å². The topological polar surface area (TPSA) is 54.3 Å². The first-order chi connectivity index (χ1) is 10.1. The van der Waals surface area contributed by atoms with Crippen molar-refractivity contribution < 1.29 is 9.21 Å². The summed E-state index contributed by atoms with van der Waals surface area (Å²) in [6, 6.07) is 9.63. The summed E-state index contributed by atoms with van der Waals surface area (Å²) in [5.74, 6) is 2.63. The Morgan fingerprint density at radius 1 is 1.29 bits per heavy atom. The summed E-state index contributed by atoms with van der Waals surface area (Å²) in [5.41, 5.74) is 3.10. The van der Waals surface area contributed by atoms with Crippen molar-refractivity contribution in [1.29, 1.82) is 0 Å². The van der Waals surface area contributed by atoms with Crippen LogP contribution in [0.25, 0.3) is 0 Å². The molecule has 1 aromatic carbocycles. The molecule has 0 saturated heterocycles. The van der Waals surface area contributed by atoms with Gasteiger partial charge in [0.2, 0.25) is 0 Å². The van der Waals surface area contributed by atoms with E-state index in [9.17, 15) is 4.79 Å².